The molecule has 0 radical (unpaired) electrons. The molecule has 1 unspecified atom stereocenters. The Hall–Kier alpha value is -2.40. The van der Waals surface area contributed by atoms with Gasteiger partial charge in [-0.15, -0.1) is 6.42 Å². The topological polar surface area (TPSA) is 134 Å². The van der Waals surface area contributed by atoms with Crippen molar-refractivity contribution in [2.45, 2.75) is 49.3 Å². The molecule has 0 bridgehead atoms. The minimum atomic E-state index is -5.23. The number of aromatic nitrogens is 2. The second-order valence-corrected chi connectivity index (χ2v) is 10.1. The van der Waals surface area contributed by atoms with Crippen LogP contribution in [0.25, 0.3) is 0 Å². The third kappa shape index (κ3) is 4.30. The molecule has 1 fully saturated rings. The summed E-state index contributed by atoms with van der Waals surface area (Å²) in [5.41, 5.74) is -2.48. The van der Waals surface area contributed by atoms with Gasteiger partial charge in [0, 0.05) is 12.6 Å². The number of hydrogen-bond acceptors (Lipinski definition) is 6. The number of terminal acetylenes is 1. The number of H-pyrrole nitrogens is 1. The second kappa shape index (κ2) is 8.15. The van der Waals surface area contributed by atoms with Crippen LogP contribution in [0.3, 0.4) is 0 Å². The second-order valence-electron chi connectivity index (χ2n) is 6.89. The Morgan fingerprint density at radius 2 is 2.17 bits per heavy atom. The Bertz CT molecular complexity index is 938. The van der Waals surface area contributed by atoms with Gasteiger partial charge in [-0.2, -0.15) is 13.2 Å². The third-order valence-corrected chi connectivity index (χ3v) is 7.21. The number of nitrogens with zero attached hydrogens (tertiary/aromatic N) is 1. The van der Waals surface area contributed by atoms with Crippen LogP contribution in [0.4, 0.5) is 13.2 Å². The molecule has 1 aliphatic rings. The monoisotopic (exact) mass is 435 g/mol. The summed E-state index contributed by atoms with van der Waals surface area (Å²) >= 11 is 0. The molecule has 0 aromatic carbocycles. The van der Waals surface area contributed by atoms with Crippen LogP contribution >= 0.6 is 0 Å². The number of ether oxygens (including phenoxy) is 1. The van der Waals surface area contributed by atoms with Gasteiger partial charge in [0.05, 0.1) is 27.1 Å². The predicted molar refractivity (Wildman–Crippen MR) is 96.5 cm³/mol. The van der Waals surface area contributed by atoms with Crippen molar-refractivity contribution >= 4 is 14.7 Å². The fourth-order valence-corrected chi connectivity index (χ4v) is 5.09. The van der Waals surface area contributed by atoms with E-state index in [1.807, 2.05) is 10.9 Å². The highest BCUT2D eigenvalue weighted by atomic mass is 28.3. The molecule has 2 heterocycles. The van der Waals surface area contributed by atoms with E-state index in [4.69, 9.17) is 11.2 Å². The normalized spacial score (nSPS) is 25.6. The van der Waals surface area contributed by atoms with E-state index in [0.29, 0.717) is 0 Å². The molecule has 2 rings (SSSR count). The Morgan fingerprint density at radius 1 is 1.55 bits per heavy atom. The largest absolute Gasteiger partial charge is 0.471 e. The lowest BCUT2D eigenvalue weighted by molar-refractivity contribution is -0.174. The highest BCUT2D eigenvalue weighted by molar-refractivity contribution is 6.58. The van der Waals surface area contributed by atoms with E-state index in [-0.39, 0.29) is 6.42 Å². The number of carbonyl (C=O) groups is 1. The van der Waals surface area contributed by atoms with Gasteiger partial charge in [-0.25, -0.2) is 4.79 Å². The quantitative estimate of drug-likeness (QED) is 0.336. The summed E-state index contributed by atoms with van der Waals surface area (Å²) in [5.74, 6) is -0.465. The summed E-state index contributed by atoms with van der Waals surface area (Å²) in [6.45, 7) is 3.05. The number of carbonyl (C=O) groups excluding carboxylic acids is 1. The lowest BCUT2D eigenvalue weighted by atomic mass is 10.1. The standard InChI is InChI=1S/C16H20F3N3O6Si/c1-4-9(20-13(26)16(17,18)19)8-6-22(14(27)21-12(8)25)15(29(2)3)5-10(24)11(7-23)28-15/h1,6,9-11,23-24,29H,5,7H2,2-3H3,(H,20,26)(H,21,25,27)/t9?,10-,11+,15-/m0/s1. The summed E-state index contributed by atoms with van der Waals surface area (Å²) in [6, 6.07) is -1.77. The zero-order valence-electron chi connectivity index (χ0n) is 15.5. The molecule has 1 aliphatic heterocycles. The van der Waals surface area contributed by atoms with Crippen molar-refractivity contribution < 1.29 is 32.9 Å². The fourth-order valence-electron chi connectivity index (χ4n) is 3.18. The minimum absolute atomic E-state index is 0.0802. The van der Waals surface area contributed by atoms with Crippen LogP contribution in [-0.2, 0) is 14.9 Å². The van der Waals surface area contributed by atoms with Crippen LogP contribution in [0.1, 0.15) is 18.0 Å². The number of rotatable bonds is 5. The summed E-state index contributed by atoms with van der Waals surface area (Å²) in [5, 5.41) is 19.7. The molecule has 0 aliphatic carbocycles. The summed E-state index contributed by atoms with van der Waals surface area (Å²) in [7, 11) is -2.01. The van der Waals surface area contributed by atoms with E-state index in [2.05, 4.69) is 0 Å². The first-order chi connectivity index (χ1) is 13.4. The molecule has 4 atom stereocenters. The molecule has 1 amide bonds. The van der Waals surface area contributed by atoms with Gasteiger partial charge in [-0.1, -0.05) is 19.0 Å². The first-order valence-electron chi connectivity index (χ1n) is 8.54. The molecule has 1 saturated heterocycles. The molecule has 1 aromatic heterocycles. The summed E-state index contributed by atoms with van der Waals surface area (Å²) in [4.78, 5) is 37.8. The Morgan fingerprint density at radius 3 is 2.62 bits per heavy atom. The van der Waals surface area contributed by atoms with E-state index in [0.717, 1.165) is 10.8 Å². The van der Waals surface area contributed by atoms with Crippen molar-refractivity contribution in [3.8, 4) is 12.3 Å². The lowest BCUT2D eigenvalue weighted by Gasteiger charge is -2.35. The van der Waals surface area contributed by atoms with Crippen molar-refractivity contribution in [2.24, 2.45) is 0 Å². The number of aliphatic hydroxyl groups is 2. The fraction of sp³-hybridized carbons (Fsp3) is 0.562. The van der Waals surface area contributed by atoms with Crippen LogP contribution in [0.5, 0.6) is 0 Å². The molecule has 9 nitrogen and oxygen atoms in total. The minimum Gasteiger partial charge on any atom is -0.394 e. The van der Waals surface area contributed by atoms with Crippen LogP contribution in [0, 0.1) is 12.3 Å². The lowest BCUT2D eigenvalue weighted by Crippen LogP contribution is -2.53. The average Bonchev–Trinajstić information content (AvgIpc) is 2.96. The summed E-state index contributed by atoms with van der Waals surface area (Å²) in [6.07, 6.45) is -1.27. The maximum absolute atomic E-state index is 12.6. The first-order valence-corrected chi connectivity index (χ1v) is 11.4. The molecule has 0 spiro atoms. The number of hydrogen-bond donors (Lipinski definition) is 4. The van der Waals surface area contributed by atoms with Crippen LogP contribution < -0.4 is 16.6 Å². The van der Waals surface area contributed by atoms with Gasteiger partial charge in [0.2, 0.25) is 0 Å². The third-order valence-electron chi connectivity index (χ3n) is 4.76. The van der Waals surface area contributed by atoms with Crippen molar-refractivity contribution in [1.29, 1.82) is 0 Å². The van der Waals surface area contributed by atoms with Gasteiger partial charge in [0.1, 0.15) is 17.5 Å². The molecular weight excluding hydrogens is 415 g/mol. The maximum atomic E-state index is 12.6. The number of aromatic amines is 1. The van der Waals surface area contributed by atoms with E-state index >= 15 is 0 Å². The van der Waals surface area contributed by atoms with Gasteiger partial charge in [0.25, 0.3) is 5.56 Å². The smallest absolute Gasteiger partial charge is 0.394 e. The SMILES string of the molecule is C#CC(NC(=O)C(F)(F)F)c1cn([C@@]2([SiH](C)C)C[C@H](O)[C@@H](CO)O2)c(=O)[nH]c1=O. The first kappa shape index (κ1) is 22.9. The van der Waals surface area contributed by atoms with E-state index < -0.39 is 67.9 Å². The van der Waals surface area contributed by atoms with E-state index in [9.17, 15) is 37.8 Å². The Labute approximate surface area is 164 Å². The van der Waals surface area contributed by atoms with E-state index in [1.165, 1.54) is 5.32 Å². The molecular formula is C16H20F3N3O6Si. The van der Waals surface area contributed by atoms with Gasteiger partial charge in [-0.05, 0) is 0 Å². The van der Waals surface area contributed by atoms with Crippen LogP contribution in [0.2, 0.25) is 13.1 Å². The Balaban J connectivity index is 2.59. The average molecular weight is 435 g/mol. The van der Waals surface area contributed by atoms with Gasteiger partial charge >= 0.3 is 17.8 Å². The highest BCUT2D eigenvalue weighted by Gasteiger charge is 2.50. The molecule has 1 aromatic rings. The Kier molecular flexibility index (Phi) is 6.43. The summed E-state index contributed by atoms with van der Waals surface area (Å²) < 4.78 is 44.4. The van der Waals surface area contributed by atoms with Gasteiger partial charge in [-0.3, -0.25) is 19.1 Å². The molecule has 160 valence electrons. The van der Waals surface area contributed by atoms with Crippen molar-refractivity contribution in [3.63, 3.8) is 0 Å². The maximum Gasteiger partial charge on any atom is 0.471 e. The van der Waals surface area contributed by atoms with Gasteiger partial charge < -0.3 is 20.3 Å². The number of alkyl halides is 3. The van der Waals surface area contributed by atoms with Crippen molar-refractivity contribution in [1.82, 2.24) is 14.9 Å². The zero-order valence-corrected chi connectivity index (χ0v) is 16.6. The van der Waals surface area contributed by atoms with Gasteiger partial charge in [0.15, 0.2) is 0 Å². The van der Waals surface area contributed by atoms with Crippen molar-refractivity contribution in [3.05, 3.63) is 32.6 Å². The molecule has 0 saturated carbocycles. The zero-order chi connectivity index (χ0) is 22.1. The molecule has 13 heteroatoms. The molecule has 29 heavy (non-hydrogen) atoms. The number of amides is 1. The highest BCUT2D eigenvalue weighted by Crippen LogP contribution is 2.36. The number of aliphatic hydroxyl groups excluding tert-OH is 2. The van der Waals surface area contributed by atoms with Crippen molar-refractivity contribution in [2.75, 3.05) is 6.61 Å². The number of halogens is 3. The van der Waals surface area contributed by atoms with Crippen LogP contribution in [0.15, 0.2) is 15.8 Å². The van der Waals surface area contributed by atoms with Crippen LogP contribution in [-0.4, -0.2) is 59.5 Å². The number of nitrogens with one attached hydrogen (secondary N) is 2. The molecule has 4 N–H and O–H groups in total. The van der Waals surface area contributed by atoms with E-state index in [1.54, 1.807) is 13.1 Å². The predicted octanol–water partition coefficient (Wildman–Crippen LogP) is -1.29.